The first kappa shape index (κ1) is 27.1. The SMILES string of the molecule is c1ccc([Si]O[Si](O[Si](c2ccccc2)(c2ccccc2)c2ccccc2)(c2ccccc2)c2ccccc2)cc1. The van der Waals surface area contributed by atoms with Gasteiger partial charge >= 0.3 is 8.56 Å². The van der Waals surface area contributed by atoms with E-state index in [2.05, 4.69) is 176 Å². The molecule has 0 unspecified atom stereocenters. The van der Waals surface area contributed by atoms with Gasteiger partial charge in [-0.1, -0.05) is 182 Å². The van der Waals surface area contributed by atoms with Crippen molar-refractivity contribution in [3.05, 3.63) is 182 Å². The second-order valence-electron chi connectivity index (χ2n) is 9.80. The average molecular weight is 579 g/mol. The predicted molar refractivity (Wildman–Crippen MR) is 176 cm³/mol. The van der Waals surface area contributed by atoms with Crippen molar-refractivity contribution in [1.82, 2.24) is 0 Å². The minimum Gasteiger partial charge on any atom is -0.426 e. The zero-order chi connectivity index (χ0) is 27.8. The first-order valence-electron chi connectivity index (χ1n) is 13.8. The molecule has 0 atom stereocenters. The number of hydrogen-bond acceptors (Lipinski definition) is 2. The molecule has 2 nitrogen and oxygen atoms in total. The van der Waals surface area contributed by atoms with Crippen molar-refractivity contribution < 1.29 is 8.23 Å². The minimum absolute atomic E-state index is 0.125. The number of hydrogen-bond donors (Lipinski definition) is 0. The largest absolute Gasteiger partial charge is 0.426 e. The van der Waals surface area contributed by atoms with E-state index in [1.54, 1.807) is 0 Å². The highest BCUT2D eigenvalue weighted by atomic mass is 28.5. The average Bonchev–Trinajstić information content (AvgIpc) is 3.08. The first-order chi connectivity index (χ1) is 20.3. The van der Waals surface area contributed by atoms with Crippen molar-refractivity contribution in [1.29, 1.82) is 0 Å². The van der Waals surface area contributed by atoms with E-state index in [9.17, 15) is 0 Å². The zero-order valence-electron chi connectivity index (χ0n) is 22.6. The Hall–Kier alpha value is -4.11. The molecule has 0 aromatic heterocycles. The van der Waals surface area contributed by atoms with Crippen molar-refractivity contribution in [2.45, 2.75) is 0 Å². The van der Waals surface area contributed by atoms with Crippen molar-refractivity contribution >= 4 is 57.8 Å². The Morgan fingerprint density at radius 3 is 0.976 bits per heavy atom. The summed E-state index contributed by atoms with van der Waals surface area (Å²) in [5.74, 6) is 0. The highest BCUT2D eigenvalue weighted by Crippen LogP contribution is 2.19. The molecular weight excluding hydrogens is 549 g/mol. The molecule has 5 heteroatoms. The van der Waals surface area contributed by atoms with Crippen molar-refractivity contribution in [3.8, 4) is 0 Å². The lowest BCUT2D eigenvalue weighted by Crippen LogP contribution is -2.78. The molecule has 41 heavy (non-hydrogen) atoms. The second kappa shape index (κ2) is 12.6. The standard InChI is InChI=1S/C36H30O2Si3/c1-7-19-31(20-8-1)39-37-41(35-27-15-5-16-28-35,36-29-17-6-18-30-36)38-40(32-21-9-2-10-22-32,33-23-11-3-12-24-33)34-25-13-4-14-26-34/h1-30H. The van der Waals surface area contributed by atoms with Crippen LogP contribution in [0.15, 0.2) is 182 Å². The molecule has 6 rings (SSSR count). The smallest absolute Gasteiger partial charge is 0.387 e. The van der Waals surface area contributed by atoms with Crippen LogP contribution in [0.4, 0.5) is 0 Å². The lowest BCUT2D eigenvalue weighted by Gasteiger charge is -2.42. The van der Waals surface area contributed by atoms with E-state index in [0.29, 0.717) is 0 Å². The first-order valence-corrected chi connectivity index (χ1v) is 18.4. The molecule has 0 saturated heterocycles. The van der Waals surface area contributed by atoms with Crippen LogP contribution in [0, 0.1) is 0 Å². The molecule has 0 bridgehead atoms. The van der Waals surface area contributed by atoms with Gasteiger partial charge in [-0.3, -0.25) is 0 Å². The summed E-state index contributed by atoms with van der Waals surface area (Å²) < 4.78 is 15.3. The molecule has 0 heterocycles. The van der Waals surface area contributed by atoms with Gasteiger partial charge < -0.3 is 8.23 Å². The summed E-state index contributed by atoms with van der Waals surface area (Å²) in [4.78, 5) is 0. The Balaban J connectivity index is 1.66. The lowest BCUT2D eigenvalue weighted by molar-refractivity contribution is 0.442. The van der Waals surface area contributed by atoms with Gasteiger partial charge in [0.1, 0.15) is 0 Å². The van der Waals surface area contributed by atoms with Gasteiger partial charge in [0.15, 0.2) is 0 Å². The molecular formula is C36H30O2Si3. The summed E-state index contributed by atoms with van der Waals surface area (Å²) in [5, 5.41) is 6.89. The fraction of sp³-hybridized carbons (Fsp3) is 0. The molecule has 0 fully saturated rings. The Bertz CT molecular complexity index is 1500. The van der Waals surface area contributed by atoms with E-state index in [-0.39, 0.29) is 9.76 Å². The summed E-state index contributed by atoms with van der Waals surface area (Å²) >= 11 is 0. The van der Waals surface area contributed by atoms with Crippen LogP contribution in [-0.4, -0.2) is 26.6 Å². The molecule has 0 amide bonds. The summed E-state index contributed by atoms with van der Waals surface area (Å²) in [5.41, 5.74) is 0. The van der Waals surface area contributed by atoms with Crippen LogP contribution >= 0.6 is 0 Å². The molecule has 198 valence electrons. The Kier molecular flexibility index (Phi) is 8.32. The fourth-order valence-corrected chi connectivity index (χ4v) is 16.8. The van der Waals surface area contributed by atoms with Crippen LogP contribution in [0.2, 0.25) is 0 Å². The van der Waals surface area contributed by atoms with Gasteiger partial charge in [0.2, 0.25) is 0 Å². The van der Waals surface area contributed by atoms with Gasteiger partial charge in [0, 0.05) is 0 Å². The quantitative estimate of drug-likeness (QED) is 0.181. The van der Waals surface area contributed by atoms with Gasteiger partial charge in [-0.05, 0) is 31.1 Å². The van der Waals surface area contributed by atoms with E-state index in [4.69, 9.17) is 8.23 Å². The van der Waals surface area contributed by atoms with Crippen molar-refractivity contribution in [2.75, 3.05) is 0 Å². The maximum absolute atomic E-state index is 8.04. The third kappa shape index (κ3) is 5.59. The van der Waals surface area contributed by atoms with Crippen molar-refractivity contribution in [2.24, 2.45) is 0 Å². The summed E-state index contributed by atoms with van der Waals surface area (Å²) in [7, 11) is -6.34. The van der Waals surface area contributed by atoms with Crippen molar-refractivity contribution in [3.63, 3.8) is 0 Å². The van der Waals surface area contributed by atoms with Crippen LogP contribution in [0.25, 0.3) is 0 Å². The fourth-order valence-electron chi connectivity index (χ4n) is 5.29. The van der Waals surface area contributed by atoms with Gasteiger partial charge in [-0.25, -0.2) is 0 Å². The maximum Gasteiger partial charge on any atom is 0.387 e. The molecule has 0 N–H and O–H groups in total. The van der Waals surface area contributed by atoms with Gasteiger partial charge in [-0.2, -0.15) is 0 Å². The van der Waals surface area contributed by atoms with Gasteiger partial charge in [0.05, 0.1) is 0 Å². The second-order valence-corrected chi connectivity index (χ2v) is 17.7. The van der Waals surface area contributed by atoms with E-state index < -0.39 is 16.9 Å². The lowest BCUT2D eigenvalue weighted by atomic mass is 10.3. The van der Waals surface area contributed by atoms with Gasteiger partial charge in [-0.15, -0.1) is 0 Å². The predicted octanol–water partition coefficient (Wildman–Crippen LogP) is 3.89. The van der Waals surface area contributed by atoms with Gasteiger partial charge in [0.25, 0.3) is 18.1 Å². The Labute approximate surface area is 247 Å². The maximum atomic E-state index is 8.04. The monoisotopic (exact) mass is 578 g/mol. The summed E-state index contributed by atoms with van der Waals surface area (Å²) in [6.45, 7) is 0. The molecule has 0 aliphatic rings. The Morgan fingerprint density at radius 2 is 0.634 bits per heavy atom. The summed E-state index contributed by atoms with van der Waals surface area (Å²) in [6.07, 6.45) is 0. The summed E-state index contributed by atoms with van der Waals surface area (Å²) in [6, 6.07) is 63.9. The van der Waals surface area contributed by atoms with E-state index in [1.807, 2.05) is 6.07 Å². The van der Waals surface area contributed by atoms with Crippen LogP contribution in [0.5, 0.6) is 0 Å². The van der Waals surface area contributed by atoms with E-state index in [1.165, 1.54) is 15.6 Å². The van der Waals surface area contributed by atoms with Crippen LogP contribution in [0.1, 0.15) is 0 Å². The number of rotatable bonds is 10. The van der Waals surface area contributed by atoms with Crippen LogP contribution in [-0.2, 0) is 8.23 Å². The third-order valence-electron chi connectivity index (χ3n) is 7.23. The van der Waals surface area contributed by atoms with E-state index in [0.717, 1.165) is 15.6 Å². The third-order valence-corrected chi connectivity index (χ3v) is 17.4. The molecule has 6 aromatic rings. The highest BCUT2D eigenvalue weighted by molar-refractivity contribution is 7.13. The molecule has 0 spiro atoms. The highest BCUT2D eigenvalue weighted by Gasteiger charge is 2.53. The normalized spacial score (nSPS) is 11.7. The zero-order valence-corrected chi connectivity index (χ0v) is 25.6. The molecule has 0 saturated carbocycles. The van der Waals surface area contributed by atoms with E-state index >= 15 is 0 Å². The molecule has 0 aliphatic heterocycles. The number of benzene rings is 6. The van der Waals surface area contributed by atoms with Crippen LogP contribution in [0.3, 0.4) is 0 Å². The molecule has 6 aromatic carbocycles. The minimum atomic E-state index is -3.34. The Morgan fingerprint density at radius 1 is 0.341 bits per heavy atom. The molecule has 0 aliphatic carbocycles. The molecule has 2 radical (unpaired) electrons. The topological polar surface area (TPSA) is 18.5 Å². The van der Waals surface area contributed by atoms with Crippen LogP contribution < -0.4 is 31.1 Å².